The minimum atomic E-state index is -1.12. The van der Waals surface area contributed by atoms with Gasteiger partial charge in [-0.2, -0.15) is 0 Å². The molecular weight excluding hydrogens is 230 g/mol. The summed E-state index contributed by atoms with van der Waals surface area (Å²) in [6.07, 6.45) is 7.03. The zero-order valence-corrected chi connectivity index (χ0v) is 11.9. The van der Waals surface area contributed by atoms with Crippen molar-refractivity contribution < 1.29 is 14.7 Å². The second-order valence-electron chi connectivity index (χ2n) is 5.10. The van der Waals surface area contributed by atoms with E-state index in [0.29, 0.717) is 12.8 Å². The number of hydrogen-bond acceptors (Lipinski definition) is 2. The van der Waals surface area contributed by atoms with Crippen LogP contribution in [0.25, 0.3) is 0 Å². The Morgan fingerprint density at radius 3 is 2.17 bits per heavy atom. The Balaban J connectivity index is 4.00. The quantitative estimate of drug-likeness (QED) is 0.591. The monoisotopic (exact) mass is 257 g/mol. The van der Waals surface area contributed by atoms with Gasteiger partial charge in [0.25, 0.3) is 0 Å². The first kappa shape index (κ1) is 16.9. The van der Waals surface area contributed by atoms with Crippen LogP contribution >= 0.6 is 0 Å². The molecule has 0 bridgehead atoms. The highest BCUT2D eigenvalue weighted by Crippen LogP contribution is 2.13. The molecule has 0 radical (unpaired) electrons. The van der Waals surface area contributed by atoms with Crippen molar-refractivity contribution >= 4 is 11.9 Å². The van der Waals surface area contributed by atoms with Crippen molar-refractivity contribution in [1.82, 2.24) is 5.32 Å². The van der Waals surface area contributed by atoms with E-state index in [9.17, 15) is 9.59 Å². The summed E-state index contributed by atoms with van der Waals surface area (Å²) in [6.45, 7) is 5.64. The van der Waals surface area contributed by atoms with Crippen LogP contribution in [0.2, 0.25) is 0 Å². The maximum Gasteiger partial charge on any atom is 0.329 e. The molecule has 1 unspecified atom stereocenters. The minimum absolute atomic E-state index is 0.148. The number of carbonyl (C=O) groups is 2. The molecule has 106 valence electrons. The van der Waals surface area contributed by atoms with Crippen molar-refractivity contribution in [3.8, 4) is 0 Å². The van der Waals surface area contributed by atoms with Crippen molar-refractivity contribution in [1.29, 1.82) is 0 Å². The topological polar surface area (TPSA) is 66.4 Å². The standard InChI is InChI=1S/C14H27NO3/c1-4-6-7-8-9-10-12(16)15-14(3,11-5-2)13(17)18/h4-11H2,1-3H3,(H,15,16)(H,17,18). The first-order chi connectivity index (χ1) is 8.46. The number of nitrogens with one attached hydrogen (secondary N) is 1. The smallest absolute Gasteiger partial charge is 0.329 e. The zero-order valence-electron chi connectivity index (χ0n) is 11.9. The molecule has 1 atom stereocenters. The zero-order chi connectivity index (χ0) is 14.0. The highest BCUT2D eigenvalue weighted by Gasteiger charge is 2.33. The van der Waals surface area contributed by atoms with Crippen molar-refractivity contribution in [3.05, 3.63) is 0 Å². The van der Waals surface area contributed by atoms with Gasteiger partial charge in [-0.1, -0.05) is 46.0 Å². The molecule has 0 aliphatic heterocycles. The molecule has 0 aromatic heterocycles. The number of hydrogen-bond donors (Lipinski definition) is 2. The van der Waals surface area contributed by atoms with Crippen LogP contribution in [0, 0.1) is 0 Å². The lowest BCUT2D eigenvalue weighted by molar-refractivity contribution is -0.147. The van der Waals surface area contributed by atoms with Crippen LogP contribution in [0.4, 0.5) is 0 Å². The molecule has 0 heterocycles. The van der Waals surface area contributed by atoms with E-state index in [-0.39, 0.29) is 5.91 Å². The van der Waals surface area contributed by atoms with Crippen LogP contribution in [0.5, 0.6) is 0 Å². The van der Waals surface area contributed by atoms with E-state index in [1.54, 1.807) is 6.92 Å². The summed E-state index contributed by atoms with van der Waals surface area (Å²) in [5, 5.41) is 11.8. The predicted octanol–water partition coefficient (Wildman–Crippen LogP) is 3.11. The van der Waals surface area contributed by atoms with Gasteiger partial charge in [-0.3, -0.25) is 4.79 Å². The number of carboxylic acids is 1. The predicted molar refractivity (Wildman–Crippen MR) is 72.5 cm³/mol. The molecule has 0 aromatic carbocycles. The fraction of sp³-hybridized carbons (Fsp3) is 0.857. The summed E-state index contributed by atoms with van der Waals surface area (Å²) in [7, 11) is 0. The number of rotatable bonds is 10. The van der Waals surface area contributed by atoms with E-state index in [0.717, 1.165) is 25.7 Å². The molecule has 0 aliphatic rings. The SMILES string of the molecule is CCCCCCCC(=O)NC(C)(CCC)C(=O)O. The molecule has 1 amide bonds. The van der Waals surface area contributed by atoms with Crippen molar-refractivity contribution in [2.45, 2.75) is 77.7 Å². The van der Waals surface area contributed by atoms with Crippen molar-refractivity contribution in [2.75, 3.05) is 0 Å². The summed E-state index contributed by atoms with van der Waals surface area (Å²) in [6, 6.07) is 0. The van der Waals surface area contributed by atoms with Crippen LogP contribution in [-0.4, -0.2) is 22.5 Å². The lowest BCUT2D eigenvalue weighted by Crippen LogP contribution is -2.52. The summed E-state index contributed by atoms with van der Waals surface area (Å²) in [4.78, 5) is 22.8. The molecule has 0 saturated heterocycles. The van der Waals surface area contributed by atoms with Gasteiger partial charge in [0.05, 0.1) is 0 Å². The molecule has 0 saturated carbocycles. The van der Waals surface area contributed by atoms with E-state index in [1.165, 1.54) is 12.8 Å². The molecule has 4 heteroatoms. The molecular formula is C14H27NO3. The number of aliphatic carboxylic acids is 1. The Kier molecular flexibility index (Phi) is 8.42. The Bertz CT molecular complexity index is 266. The van der Waals surface area contributed by atoms with Crippen LogP contribution in [0.1, 0.15) is 72.1 Å². The van der Waals surface area contributed by atoms with Crippen LogP contribution in [0.15, 0.2) is 0 Å². The second-order valence-corrected chi connectivity index (χ2v) is 5.10. The number of carbonyl (C=O) groups excluding carboxylic acids is 1. The molecule has 18 heavy (non-hydrogen) atoms. The third-order valence-corrected chi connectivity index (χ3v) is 3.14. The third-order valence-electron chi connectivity index (χ3n) is 3.14. The summed E-state index contributed by atoms with van der Waals surface area (Å²) in [5.74, 6) is -1.10. The molecule has 0 rings (SSSR count). The van der Waals surface area contributed by atoms with Gasteiger partial charge < -0.3 is 10.4 Å². The van der Waals surface area contributed by atoms with Gasteiger partial charge in [-0.05, 0) is 19.8 Å². The lowest BCUT2D eigenvalue weighted by Gasteiger charge is -2.25. The van der Waals surface area contributed by atoms with Crippen LogP contribution < -0.4 is 5.32 Å². The largest absolute Gasteiger partial charge is 0.480 e. The molecule has 0 fully saturated rings. The maximum absolute atomic E-state index is 11.7. The van der Waals surface area contributed by atoms with Gasteiger partial charge >= 0.3 is 5.97 Å². The maximum atomic E-state index is 11.7. The summed E-state index contributed by atoms with van der Waals surface area (Å²) < 4.78 is 0. The van der Waals surface area contributed by atoms with Gasteiger partial charge in [0.15, 0.2) is 0 Å². The molecule has 0 spiro atoms. The first-order valence-corrected chi connectivity index (χ1v) is 7.00. The van der Waals surface area contributed by atoms with Gasteiger partial charge in [-0.15, -0.1) is 0 Å². The number of carboxylic acid groups (broad SMARTS) is 1. The summed E-state index contributed by atoms with van der Waals surface area (Å²) >= 11 is 0. The number of amides is 1. The lowest BCUT2D eigenvalue weighted by atomic mass is 9.96. The number of unbranched alkanes of at least 4 members (excludes halogenated alkanes) is 4. The Labute approximate surface area is 110 Å². The van der Waals surface area contributed by atoms with Crippen molar-refractivity contribution in [3.63, 3.8) is 0 Å². The van der Waals surface area contributed by atoms with E-state index in [1.807, 2.05) is 6.92 Å². The van der Waals surface area contributed by atoms with E-state index in [4.69, 9.17) is 5.11 Å². The fourth-order valence-corrected chi connectivity index (χ4v) is 1.98. The molecule has 0 aliphatic carbocycles. The summed E-state index contributed by atoms with van der Waals surface area (Å²) in [5.41, 5.74) is -1.12. The van der Waals surface area contributed by atoms with E-state index < -0.39 is 11.5 Å². The molecule has 2 N–H and O–H groups in total. The van der Waals surface area contributed by atoms with Gasteiger partial charge in [0.1, 0.15) is 5.54 Å². The van der Waals surface area contributed by atoms with Crippen LogP contribution in [-0.2, 0) is 9.59 Å². The van der Waals surface area contributed by atoms with Crippen molar-refractivity contribution in [2.24, 2.45) is 0 Å². The van der Waals surface area contributed by atoms with E-state index in [2.05, 4.69) is 12.2 Å². The average Bonchev–Trinajstić information content (AvgIpc) is 2.28. The highest BCUT2D eigenvalue weighted by molar-refractivity contribution is 5.86. The second kappa shape index (κ2) is 8.95. The minimum Gasteiger partial charge on any atom is -0.480 e. The normalized spacial score (nSPS) is 13.9. The Morgan fingerprint density at radius 1 is 1.06 bits per heavy atom. The Morgan fingerprint density at radius 2 is 1.67 bits per heavy atom. The van der Waals surface area contributed by atoms with Gasteiger partial charge in [-0.25, -0.2) is 4.79 Å². The molecule has 4 nitrogen and oxygen atoms in total. The average molecular weight is 257 g/mol. The molecule has 0 aromatic rings. The highest BCUT2D eigenvalue weighted by atomic mass is 16.4. The first-order valence-electron chi connectivity index (χ1n) is 7.00. The van der Waals surface area contributed by atoms with Crippen LogP contribution in [0.3, 0.4) is 0 Å². The van der Waals surface area contributed by atoms with Gasteiger partial charge in [0.2, 0.25) is 5.91 Å². The Hall–Kier alpha value is -1.06. The van der Waals surface area contributed by atoms with Gasteiger partial charge in [0, 0.05) is 6.42 Å². The fourth-order valence-electron chi connectivity index (χ4n) is 1.98. The third kappa shape index (κ3) is 6.62. The van der Waals surface area contributed by atoms with E-state index >= 15 is 0 Å².